The number of methoxy groups -OCH3 is 1. The van der Waals surface area contributed by atoms with Gasteiger partial charge >= 0.3 is 0 Å². The number of rotatable bonds is 12. The van der Waals surface area contributed by atoms with E-state index < -0.39 is 21.6 Å². The molecule has 0 saturated heterocycles. The average molecular weight is 532 g/mol. The second kappa shape index (κ2) is 12.9. The minimum absolute atomic E-state index is 0.0996. The molecule has 0 aliphatic rings. The van der Waals surface area contributed by atoms with Crippen LogP contribution in [0.5, 0.6) is 5.75 Å². The summed E-state index contributed by atoms with van der Waals surface area (Å²) in [6.45, 7) is 9.82. The van der Waals surface area contributed by atoms with Crippen molar-refractivity contribution in [3.8, 4) is 5.75 Å². The van der Waals surface area contributed by atoms with Crippen LogP contribution in [0.15, 0.2) is 48.5 Å². The minimum Gasteiger partial charge on any atom is -0.497 e. The van der Waals surface area contributed by atoms with E-state index >= 15 is 0 Å². The summed E-state index contributed by atoms with van der Waals surface area (Å²) >= 11 is 0. The molecule has 2 aromatic rings. The Bertz CT molecular complexity index is 1140. The maximum atomic E-state index is 13.4. The number of anilines is 1. The lowest BCUT2D eigenvalue weighted by Crippen LogP contribution is -2.52. The van der Waals surface area contributed by atoms with Gasteiger partial charge in [0, 0.05) is 25.0 Å². The monoisotopic (exact) mass is 531 g/mol. The summed E-state index contributed by atoms with van der Waals surface area (Å²) in [5, 5.41) is 2.94. The van der Waals surface area contributed by atoms with Crippen LogP contribution in [0.1, 0.15) is 58.6 Å². The molecule has 0 bridgehead atoms. The van der Waals surface area contributed by atoms with Gasteiger partial charge in [-0.3, -0.25) is 13.9 Å². The summed E-state index contributed by atoms with van der Waals surface area (Å²) in [5.41, 5.74) is 2.10. The number of nitrogens with one attached hydrogen (secondary N) is 1. The van der Waals surface area contributed by atoms with Crippen LogP contribution in [0.3, 0.4) is 0 Å². The van der Waals surface area contributed by atoms with E-state index in [9.17, 15) is 18.0 Å². The molecule has 37 heavy (non-hydrogen) atoms. The Morgan fingerprint density at radius 1 is 1.00 bits per heavy atom. The van der Waals surface area contributed by atoms with E-state index in [1.54, 1.807) is 31.1 Å². The molecular formula is C28H41N3O5S. The fourth-order valence-corrected chi connectivity index (χ4v) is 4.85. The van der Waals surface area contributed by atoms with Crippen molar-refractivity contribution in [3.63, 3.8) is 0 Å². The lowest BCUT2D eigenvalue weighted by molar-refractivity contribution is -0.141. The van der Waals surface area contributed by atoms with Crippen LogP contribution in [0.4, 0.5) is 5.69 Å². The summed E-state index contributed by atoms with van der Waals surface area (Å²) in [7, 11) is -1.94. The summed E-state index contributed by atoms with van der Waals surface area (Å²) in [4.78, 5) is 27.9. The fraction of sp³-hybridized carbons (Fsp3) is 0.500. The molecule has 204 valence electrons. The molecule has 0 aliphatic carbocycles. The molecule has 8 nitrogen and oxygen atoms in total. The van der Waals surface area contributed by atoms with Crippen molar-refractivity contribution in [2.75, 3.05) is 24.2 Å². The zero-order valence-corrected chi connectivity index (χ0v) is 23.9. The molecule has 1 atom stereocenters. The van der Waals surface area contributed by atoms with E-state index in [2.05, 4.69) is 5.32 Å². The van der Waals surface area contributed by atoms with Crippen LogP contribution in [-0.2, 0) is 32.6 Å². The SMILES string of the molecule is CCc1ccc(N(CCCC(=O)N(Cc2ccc(OC)cc2)[C@@H](C)C(=O)NC(C)(C)C)S(C)(=O)=O)cc1. The second-order valence-corrected chi connectivity index (χ2v) is 12.2. The predicted molar refractivity (Wildman–Crippen MR) is 148 cm³/mol. The summed E-state index contributed by atoms with van der Waals surface area (Å²) in [5.74, 6) is 0.235. The molecule has 0 saturated carbocycles. The Kier molecular flexibility index (Phi) is 10.5. The first-order chi connectivity index (χ1) is 17.2. The van der Waals surface area contributed by atoms with Crippen LogP contribution in [0.2, 0.25) is 0 Å². The van der Waals surface area contributed by atoms with Crippen molar-refractivity contribution in [2.45, 2.75) is 72.0 Å². The maximum absolute atomic E-state index is 13.4. The van der Waals surface area contributed by atoms with Gasteiger partial charge in [0.2, 0.25) is 21.8 Å². The Morgan fingerprint density at radius 2 is 1.57 bits per heavy atom. The van der Waals surface area contributed by atoms with E-state index in [4.69, 9.17) is 4.74 Å². The third-order valence-corrected chi connectivity index (χ3v) is 7.16. The first-order valence-corrected chi connectivity index (χ1v) is 14.4. The van der Waals surface area contributed by atoms with Crippen molar-refractivity contribution in [2.24, 2.45) is 0 Å². The number of carbonyl (C=O) groups excluding carboxylic acids is 2. The van der Waals surface area contributed by atoms with Crippen LogP contribution in [0.25, 0.3) is 0 Å². The highest BCUT2D eigenvalue weighted by atomic mass is 32.2. The fourth-order valence-electron chi connectivity index (χ4n) is 3.89. The van der Waals surface area contributed by atoms with Crippen LogP contribution >= 0.6 is 0 Å². The van der Waals surface area contributed by atoms with Gasteiger partial charge in [-0.2, -0.15) is 0 Å². The number of nitrogens with zero attached hydrogens (tertiary/aromatic N) is 2. The van der Waals surface area contributed by atoms with Gasteiger partial charge in [-0.15, -0.1) is 0 Å². The highest BCUT2D eigenvalue weighted by Gasteiger charge is 2.28. The molecule has 0 radical (unpaired) electrons. The molecule has 0 unspecified atom stereocenters. The Labute approximate surface area is 222 Å². The smallest absolute Gasteiger partial charge is 0.242 e. The summed E-state index contributed by atoms with van der Waals surface area (Å²) in [6, 6.07) is 14.0. The molecule has 9 heteroatoms. The molecule has 0 spiro atoms. The molecule has 2 rings (SSSR count). The van der Waals surface area contributed by atoms with Gasteiger partial charge < -0.3 is 15.0 Å². The van der Waals surface area contributed by atoms with Gasteiger partial charge in [0.25, 0.3) is 0 Å². The van der Waals surface area contributed by atoms with Crippen molar-refractivity contribution in [3.05, 3.63) is 59.7 Å². The highest BCUT2D eigenvalue weighted by Crippen LogP contribution is 2.21. The quantitative estimate of drug-likeness (QED) is 0.444. The topological polar surface area (TPSA) is 96.0 Å². The first kappa shape index (κ1) is 30.2. The van der Waals surface area contributed by atoms with Gasteiger partial charge in [0.15, 0.2) is 0 Å². The Morgan fingerprint density at radius 3 is 2.05 bits per heavy atom. The summed E-state index contributed by atoms with van der Waals surface area (Å²) in [6.07, 6.45) is 2.44. The van der Waals surface area contributed by atoms with Crippen molar-refractivity contribution in [1.29, 1.82) is 0 Å². The van der Waals surface area contributed by atoms with Gasteiger partial charge in [0.05, 0.1) is 19.1 Å². The normalized spacial score (nSPS) is 12.5. The maximum Gasteiger partial charge on any atom is 0.242 e. The van der Waals surface area contributed by atoms with Crippen LogP contribution in [0, 0.1) is 0 Å². The van der Waals surface area contributed by atoms with E-state index in [0.29, 0.717) is 17.9 Å². The summed E-state index contributed by atoms with van der Waals surface area (Å²) < 4.78 is 31.5. The second-order valence-electron chi connectivity index (χ2n) is 10.2. The van der Waals surface area contributed by atoms with E-state index in [1.165, 1.54) is 4.31 Å². The number of hydrogen-bond acceptors (Lipinski definition) is 5. The predicted octanol–water partition coefficient (Wildman–Crippen LogP) is 4.14. The molecule has 2 amide bonds. The lowest BCUT2D eigenvalue weighted by atomic mass is 10.1. The highest BCUT2D eigenvalue weighted by molar-refractivity contribution is 7.92. The van der Waals surface area contributed by atoms with Crippen molar-refractivity contribution >= 4 is 27.5 Å². The molecule has 1 N–H and O–H groups in total. The third kappa shape index (κ3) is 9.39. The van der Waals surface area contributed by atoms with Crippen molar-refractivity contribution in [1.82, 2.24) is 10.2 Å². The number of sulfonamides is 1. The van der Waals surface area contributed by atoms with Crippen LogP contribution in [-0.4, -0.2) is 56.6 Å². The molecule has 2 aromatic carbocycles. The first-order valence-electron chi connectivity index (χ1n) is 12.6. The van der Waals surface area contributed by atoms with Gasteiger partial charge in [-0.05, 0) is 75.9 Å². The minimum atomic E-state index is -3.53. The molecule has 0 fully saturated rings. The van der Waals surface area contributed by atoms with Gasteiger partial charge in [-0.25, -0.2) is 8.42 Å². The number of benzene rings is 2. The number of aryl methyl sites for hydroxylation is 1. The number of amides is 2. The standard InChI is InChI=1S/C28H41N3O5S/c1-8-22-11-15-24(16-12-22)31(37(7,34)35)19-9-10-26(32)30(21(2)27(33)29-28(3,4)5)20-23-13-17-25(36-6)18-14-23/h11-18,21H,8-10,19-20H2,1-7H3,(H,29,33)/t21-/m0/s1. The van der Waals surface area contributed by atoms with E-state index in [0.717, 1.165) is 23.8 Å². The lowest BCUT2D eigenvalue weighted by Gasteiger charge is -2.32. The Balaban J connectivity index is 2.18. The number of ether oxygens (including phenoxy) is 1. The zero-order chi connectivity index (χ0) is 27.8. The number of hydrogen-bond donors (Lipinski definition) is 1. The average Bonchev–Trinajstić information content (AvgIpc) is 2.83. The molecule has 0 aliphatic heterocycles. The molecule has 0 aromatic heterocycles. The van der Waals surface area contributed by atoms with Crippen LogP contribution < -0.4 is 14.4 Å². The zero-order valence-electron chi connectivity index (χ0n) is 23.1. The third-order valence-electron chi connectivity index (χ3n) is 5.96. The van der Waals surface area contributed by atoms with E-state index in [1.807, 2.05) is 64.1 Å². The van der Waals surface area contributed by atoms with E-state index in [-0.39, 0.29) is 31.3 Å². The Hall–Kier alpha value is -3.07. The van der Waals surface area contributed by atoms with Gasteiger partial charge in [0.1, 0.15) is 11.8 Å². The van der Waals surface area contributed by atoms with Crippen molar-refractivity contribution < 1.29 is 22.7 Å². The molecular weight excluding hydrogens is 490 g/mol. The number of carbonyl (C=O) groups is 2. The largest absolute Gasteiger partial charge is 0.497 e. The van der Waals surface area contributed by atoms with Gasteiger partial charge in [-0.1, -0.05) is 31.2 Å². The molecule has 0 heterocycles.